The van der Waals surface area contributed by atoms with E-state index in [1.807, 2.05) is 29.9 Å². The van der Waals surface area contributed by atoms with Crippen molar-refractivity contribution in [2.45, 2.75) is 25.5 Å². The van der Waals surface area contributed by atoms with Gasteiger partial charge in [-0.25, -0.2) is 0 Å². The first kappa shape index (κ1) is 11.3. The molecule has 17 heavy (non-hydrogen) atoms. The summed E-state index contributed by atoms with van der Waals surface area (Å²) >= 11 is 7.73. The second kappa shape index (κ2) is 4.48. The second-order valence-corrected chi connectivity index (χ2v) is 6.00. The first-order valence-electron chi connectivity index (χ1n) is 5.79. The zero-order valence-corrected chi connectivity index (χ0v) is 10.9. The molecule has 1 N–H and O–H groups in total. The minimum absolute atomic E-state index is 0.282. The van der Waals surface area contributed by atoms with Crippen molar-refractivity contribution in [1.29, 1.82) is 0 Å². The number of hydrogen-bond acceptors (Lipinski definition) is 2. The number of rotatable bonds is 4. The molecule has 0 aromatic carbocycles. The molecular weight excluding hydrogens is 254 g/mol. The number of halogens is 1. The molecule has 0 bridgehead atoms. The zero-order chi connectivity index (χ0) is 11.8. The topological polar surface area (TPSA) is 25.2 Å². The standard InChI is InChI=1S/C13H14ClNOS/c14-11-4-6-17-12(11)8-15-5-3-10(7-15)13(16)9-1-2-9/h3-7,9,13,16H,1-2,8H2. The van der Waals surface area contributed by atoms with Crippen molar-refractivity contribution in [1.82, 2.24) is 4.57 Å². The molecule has 0 spiro atoms. The minimum atomic E-state index is -0.282. The quantitative estimate of drug-likeness (QED) is 0.898. The van der Waals surface area contributed by atoms with Gasteiger partial charge in [0.05, 0.1) is 17.7 Å². The summed E-state index contributed by atoms with van der Waals surface area (Å²) in [6.07, 6.45) is 6.07. The van der Waals surface area contributed by atoms with E-state index >= 15 is 0 Å². The molecule has 1 atom stereocenters. The molecular formula is C13H14ClNOS. The summed E-state index contributed by atoms with van der Waals surface area (Å²) in [4.78, 5) is 1.16. The molecule has 2 aromatic rings. The summed E-state index contributed by atoms with van der Waals surface area (Å²) in [5, 5.41) is 12.8. The van der Waals surface area contributed by atoms with Crippen LogP contribution in [0.3, 0.4) is 0 Å². The van der Waals surface area contributed by atoms with Gasteiger partial charge in [0.1, 0.15) is 0 Å². The Labute approximate surface area is 109 Å². The fraction of sp³-hybridized carbons (Fsp3) is 0.385. The lowest BCUT2D eigenvalue weighted by Crippen LogP contribution is -1.99. The van der Waals surface area contributed by atoms with Crippen molar-refractivity contribution in [2.75, 3.05) is 0 Å². The third-order valence-electron chi connectivity index (χ3n) is 3.20. The number of aliphatic hydroxyl groups excluding tert-OH is 1. The maximum atomic E-state index is 10.0. The molecule has 3 rings (SSSR count). The number of thiophene rings is 1. The summed E-state index contributed by atoms with van der Waals surface area (Å²) in [6.45, 7) is 0.786. The van der Waals surface area contributed by atoms with Gasteiger partial charge in [-0.2, -0.15) is 0 Å². The minimum Gasteiger partial charge on any atom is -0.388 e. The molecule has 0 radical (unpaired) electrons. The Morgan fingerprint density at radius 1 is 1.47 bits per heavy atom. The Morgan fingerprint density at radius 3 is 2.94 bits per heavy atom. The van der Waals surface area contributed by atoms with Gasteiger partial charge in [0.2, 0.25) is 0 Å². The van der Waals surface area contributed by atoms with Gasteiger partial charge in [-0.15, -0.1) is 11.3 Å². The number of nitrogens with zero attached hydrogens (tertiary/aromatic N) is 1. The van der Waals surface area contributed by atoms with Crippen LogP contribution >= 0.6 is 22.9 Å². The highest BCUT2D eigenvalue weighted by Gasteiger charge is 2.31. The lowest BCUT2D eigenvalue weighted by atomic mass is 10.1. The first-order valence-corrected chi connectivity index (χ1v) is 7.05. The lowest BCUT2D eigenvalue weighted by molar-refractivity contribution is 0.154. The van der Waals surface area contributed by atoms with Gasteiger partial charge in [0.15, 0.2) is 0 Å². The van der Waals surface area contributed by atoms with Crippen LogP contribution < -0.4 is 0 Å². The summed E-state index contributed by atoms with van der Waals surface area (Å²) in [6, 6.07) is 3.93. The SMILES string of the molecule is OC(c1ccn(Cc2sccc2Cl)c1)C1CC1. The molecule has 1 aliphatic rings. The predicted molar refractivity (Wildman–Crippen MR) is 70.5 cm³/mol. The maximum Gasteiger partial charge on any atom is 0.0832 e. The highest BCUT2D eigenvalue weighted by Crippen LogP contribution is 2.40. The van der Waals surface area contributed by atoms with Crippen molar-refractivity contribution < 1.29 is 5.11 Å². The Hall–Kier alpha value is -0.770. The van der Waals surface area contributed by atoms with Crippen LogP contribution in [-0.4, -0.2) is 9.67 Å². The van der Waals surface area contributed by atoms with E-state index in [0.717, 1.165) is 34.8 Å². The molecule has 1 aliphatic carbocycles. The van der Waals surface area contributed by atoms with Gasteiger partial charge in [-0.3, -0.25) is 0 Å². The summed E-state index contributed by atoms with van der Waals surface area (Å²) in [5.74, 6) is 0.483. The van der Waals surface area contributed by atoms with Crippen molar-refractivity contribution >= 4 is 22.9 Å². The third-order valence-corrected chi connectivity index (χ3v) is 4.57. The van der Waals surface area contributed by atoms with Crippen LogP contribution in [0.4, 0.5) is 0 Å². The van der Waals surface area contributed by atoms with E-state index < -0.39 is 0 Å². The molecule has 2 heterocycles. The fourth-order valence-electron chi connectivity index (χ4n) is 2.02. The molecule has 0 aliphatic heterocycles. The molecule has 4 heteroatoms. The summed E-state index contributed by atoms with van der Waals surface area (Å²) in [5.41, 5.74) is 1.03. The van der Waals surface area contributed by atoms with Crippen LogP contribution in [0.2, 0.25) is 5.02 Å². The van der Waals surface area contributed by atoms with E-state index in [9.17, 15) is 5.11 Å². The molecule has 2 nitrogen and oxygen atoms in total. The molecule has 1 unspecified atom stereocenters. The average molecular weight is 268 g/mol. The van der Waals surface area contributed by atoms with E-state index in [1.54, 1.807) is 11.3 Å². The highest BCUT2D eigenvalue weighted by molar-refractivity contribution is 7.10. The zero-order valence-electron chi connectivity index (χ0n) is 9.34. The van der Waals surface area contributed by atoms with Crippen LogP contribution in [0, 0.1) is 5.92 Å². The average Bonchev–Trinajstić information content (AvgIpc) is 2.95. The Balaban J connectivity index is 1.74. The van der Waals surface area contributed by atoms with Gasteiger partial charge >= 0.3 is 0 Å². The van der Waals surface area contributed by atoms with Gasteiger partial charge in [-0.1, -0.05) is 11.6 Å². The molecule has 90 valence electrons. The van der Waals surface area contributed by atoms with E-state index in [0.29, 0.717) is 5.92 Å². The van der Waals surface area contributed by atoms with Crippen molar-refractivity contribution in [3.8, 4) is 0 Å². The molecule has 1 saturated carbocycles. The first-order chi connectivity index (χ1) is 8.24. The van der Waals surface area contributed by atoms with Gasteiger partial charge < -0.3 is 9.67 Å². The number of aliphatic hydroxyl groups is 1. The van der Waals surface area contributed by atoms with E-state index in [1.165, 1.54) is 0 Å². The van der Waals surface area contributed by atoms with Gasteiger partial charge in [0.25, 0.3) is 0 Å². The highest BCUT2D eigenvalue weighted by atomic mass is 35.5. The molecule has 0 amide bonds. The lowest BCUT2D eigenvalue weighted by Gasteiger charge is -2.06. The van der Waals surface area contributed by atoms with E-state index in [-0.39, 0.29) is 6.10 Å². The Kier molecular flexibility index (Phi) is 2.99. The Morgan fingerprint density at radius 2 is 2.29 bits per heavy atom. The van der Waals surface area contributed by atoms with Crippen molar-refractivity contribution in [3.05, 3.63) is 45.4 Å². The summed E-state index contributed by atoms with van der Waals surface area (Å²) < 4.78 is 2.08. The van der Waals surface area contributed by atoms with Crippen LogP contribution in [0.25, 0.3) is 0 Å². The number of aromatic nitrogens is 1. The van der Waals surface area contributed by atoms with Crippen LogP contribution in [0.15, 0.2) is 29.9 Å². The van der Waals surface area contributed by atoms with E-state index in [4.69, 9.17) is 11.6 Å². The van der Waals surface area contributed by atoms with Crippen molar-refractivity contribution in [2.24, 2.45) is 5.92 Å². The molecule has 2 aromatic heterocycles. The predicted octanol–water partition coefficient (Wildman–Crippen LogP) is 3.69. The molecule has 1 fully saturated rings. The monoisotopic (exact) mass is 267 g/mol. The normalized spacial score (nSPS) is 17.3. The molecule has 0 saturated heterocycles. The summed E-state index contributed by atoms with van der Waals surface area (Å²) in [7, 11) is 0. The Bertz CT molecular complexity index is 515. The van der Waals surface area contributed by atoms with E-state index in [2.05, 4.69) is 4.57 Å². The van der Waals surface area contributed by atoms with Gasteiger partial charge in [0, 0.05) is 17.3 Å². The van der Waals surface area contributed by atoms with Crippen molar-refractivity contribution in [3.63, 3.8) is 0 Å². The van der Waals surface area contributed by atoms with Crippen LogP contribution in [-0.2, 0) is 6.54 Å². The largest absolute Gasteiger partial charge is 0.388 e. The smallest absolute Gasteiger partial charge is 0.0832 e. The van der Waals surface area contributed by atoms with Gasteiger partial charge in [-0.05, 0) is 41.8 Å². The second-order valence-electron chi connectivity index (χ2n) is 4.59. The third kappa shape index (κ3) is 2.41. The number of hydrogen-bond donors (Lipinski definition) is 1. The van der Waals surface area contributed by atoms with Crippen LogP contribution in [0.1, 0.15) is 29.4 Å². The maximum absolute atomic E-state index is 10.0. The van der Waals surface area contributed by atoms with Crippen LogP contribution in [0.5, 0.6) is 0 Å². The fourth-order valence-corrected chi connectivity index (χ4v) is 3.12.